The van der Waals surface area contributed by atoms with Crippen LogP contribution in [0.2, 0.25) is 0 Å². The Kier molecular flexibility index (Phi) is 55.3. The standard InChI is InChI=1S/C63H112O6/c1-4-7-10-13-16-19-22-25-28-30-31-33-35-38-41-44-47-50-53-56-62(65)68-59-60(58-67-61(64)55-52-49-46-43-40-37-34-27-24-21-18-15-12-9-6-3)69-63(66)57-54-51-48-45-42-39-36-32-29-26-23-20-17-14-11-8-5-2/h9,12,15,18,21,24,27,34,37,40,60H,4-8,10-11,13-14,16-17,19-20,22-23,25-26,28-33,35-36,38-39,41-59H2,1-3H3/b12-9-,18-15-,24-21-,34-27-,40-37-. The maximum Gasteiger partial charge on any atom is 0.306 e. The van der Waals surface area contributed by atoms with Crippen LogP contribution >= 0.6 is 0 Å². The Labute approximate surface area is 428 Å². The predicted molar refractivity (Wildman–Crippen MR) is 298 cm³/mol. The molecule has 1 unspecified atom stereocenters. The summed E-state index contributed by atoms with van der Waals surface area (Å²) in [4.78, 5) is 38.2. The fourth-order valence-corrected chi connectivity index (χ4v) is 8.70. The Morgan fingerprint density at radius 2 is 0.565 bits per heavy atom. The first-order valence-corrected chi connectivity index (χ1v) is 29.9. The van der Waals surface area contributed by atoms with Crippen LogP contribution in [0.1, 0.15) is 303 Å². The Morgan fingerprint density at radius 3 is 0.884 bits per heavy atom. The highest BCUT2D eigenvalue weighted by atomic mass is 16.6. The van der Waals surface area contributed by atoms with E-state index in [1.54, 1.807) is 0 Å². The molecule has 0 spiro atoms. The van der Waals surface area contributed by atoms with Gasteiger partial charge in [0.15, 0.2) is 6.10 Å². The lowest BCUT2D eigenvalue weighted by atomic mass is 10.0. The summed E-state index contributed by atoms with van der Waals surface area (Å²) in [5.74, 6) is -0.910. The van der Waals surface area contributed by atoms with Crippen molar-refractivity contribution < 1.29 is 28.6 Å². The van der Waals surface area contributed by atoms with Crippen LogP contribution in [0.25, 0.3) is 0 Å². The molecule has 1 atom stereocenters. The quantitative estimate of drug-likeness (QED) is 0.0262. The Morgan fingerprint density at radius 1 is 0.304 bits per heavy atom. The van der Waals surface area contributed by atoms with Gasteiger partial charge in [0.05, 0.1) is 0 Å². The normalized spacial score (nSPS) is 12.4. The van der Waals surface area contributed by atoms with Crippen molar-refractivity contribution in [3.63, 3.8) is 0 Å². The largest absolute Gasteiger partial charge is 0.462 e. The molecule has 6 heteroatoms. The first kappa shape index (κ1) is 66.1. The van der Waals surface area contributed by atoms with Crippen LogP contribution in [0.5, 0.6) is 0 Å². The average molecular weight is 966 g/mol. The average Bonchev–Trinajstić information content (AvgIpc) is 3.35. The summed E-state index contributed by atoms with van der Waals surface area (Å²) in [6.07, 6.45) is 72.2. The van der Waals surface area contributed by atoms with Crippen LogP contribution in [0, 0.1) is 0 Å². The molecule has 0 N–H and O–H groups in total. The van der Waals surface area contributed by atoms with E-state index in [1.165, 1.54) is 193 Å². The van der Waals surface area contributed by atoms with E-state index in [1.807, 2.05) is 42.5 Å². The minimum atomic E-state index is -0.789. The van der Waals surface area contributed by atoms with Gasteiger partial charge in [0.25, 0.3) is 0 Å². The van der Waals surface area contributed by atoms with Crippen LogP contribution in [0.3, 0.4) is 0 Å². The van der Waals surface area contributed by atoms with E-state index in [-0.39, 0.29) is 31.1 Å². The molecular formula is C63H112O6. The first-order valence-electron chi connectivity index (χ1n) is 29.9. The lowest BCUT2D eigenvalue weighted by Crippen LogP contribution is -2.30. The highest BCUT2D eigenvalue weighted by Gasteiger charge is 2.19. The molecule has 0 bridgehead atoms. The summed E-state index contributed by atoms with van der Waals surface area (Å²) in [6, 6.07) is 0. The van der Waals surface area contributed by atoms with Gasteiger partial charge in [-0.05, 0) is 38.5 Å². The number of carbonyl (C=O) groups excluding carboxylic acids is 3. The summed E-state index contributed by atoms with van der Waals surface area (Å²) in [5, 5.41) is 0. The molecule has 0 heterocycles. The molecule has 0 aromatic heterocycles. The molecule has 0 saturated heterocycles. The van der Waals surface area contributed by atoms with Crippen molar-refractivity contribution in [2.24, 2.45) is 0 Å². The maximum atomic E-state index is 12.9. The second-order valence-electron chi connectivity index (χ2n) is 20.0. The molecule has 0 rings (SSSR count). The van der Waals surface area contributed by atoms with Gasteiger partial charge in [0.2, 0.25) is 0 Å². The van der Waals surface area contributed by atoms with E-state index >= 15 is 0 Å². The molecule has 0 aliphatic rings. The maximum absolute atomic E-state index is 12.9. The highest BCUT2D eigenvalue weighted by Crippen LogP contribution is 2.17. The summed E-state index contributed by atoms with van der Waals surface area (Å²) in [7, 11) is 0. The Balaban J connectivity index is 4.38. The molecule has 0 aromatic rings. The summed E-state index contributed by atoms with van der Waals surface area (Å²) in [6.45, 7) is 6.51. The molecule has 6 nitrogen and oxygen atoms in total. The zero-order valence-electron chi connectivity index (χ0n) is 45.8. The fraction of sp³-hybridized carbons (Fsp3) is 0.794. The van der Waals surface area contributed by atoms with Crippen molar-refractivity contribution in [3.8, 4) is 0 Å². The molecule has 0 amide bonds. The van der Waals surface area contributed by atoms with Crippen molar-refractivity contribution in [1.29, 1.82) is 0 Å². The first-order chi connectivity index (χ1) is 34.0. The zero-order valence-corrected chi connectivity index (χ0v) is 45.8. The van der Waals surface area contributed by atoms with Crippen molar-refractivity contribution in [1.82, 2.24) is 0 Å². The topological polar surface area (TPSA) is 78.9 Å². The minimum absolute atomic E-state index is 0.0837. The third-order valence-electron chi connectivity index (χ3n) is 13.2. The molecule has 0 aromatic carbocycles. The van der Waals surface area contributed by atoms with Gasteiger partial charge >= 0.3 is 17.9 Å². The smallest absolute Gasteiger partial charge is 0.306 e. The molecule has 69 heavy (non-hydrogen) atoms. The lowest BCUT2D eigenvalue weighted by molar-refractivity contribution is -0.167. The van der Waals surface area contributed by atoms with Gasteiger partial charge in [0, 0.05) is 19.3 Å². The van der Waals surface area contributed by atoms with Gasteiger partial charge in [-0.3, -0.25) is 14.4 Å². The summed E-state index contributed by atoms with van der Waals surface area (Å²) in [5.41, 5.74) is 0. The molecule has 400 valence electrons. The Bertz CT molecular complexity index is 1250. The molecule has 0 aliphatic heterocycles. The van der Waals surface area contributed by atoms with Gasteiger partial charge in [0.1, 0.15) is 13.2 Å². The molecular weight excluding hydrogens is 853 g/mol. The van der Waals surface area contributed by atoms with Crippen molar-refractivity contribution in [2.75, 3.05) is 13.2 Å². The molecule has 0 fully saturated rings. The van der Waals surface area contributed by atoms with Crippen molar-refractivity contribution in [3.05, 3.63) is 60.8 Å². The zero-order chi connectivity index (χ0) is 50.0. The van der Waals surface area contributed by atoms with E-state index in [4.69, 9.17) is 14.2 Å². The predicted octanol–water partition coefficient (Wildman–Crippen LogP) is 20.0. The SMILES string of the molecule is CC\C=C/C=C\C=C/C=C\C=C/CCCCCC(=O)OCC(COC(=O)CCCCCCCCCCCCCCCCCCCCC)OC(=O)CCCCCCCCCCCCCCCCCCC. The van der Waals surface area contributed by atoms with E-state index < -0.39 is 6.10 Å². The third-order valence-corrected chi connectivity index (χ3v) is 13.2. The van der Waals surface area contributed by atoms with Gasteiger partial charge in [-0.2, -0.15) is 0 Å². The molecule has 0 aliphatic carbocycles. The second kappa shape index (κ2) is 57.7. The number of carbonyl (C=O) groups is 3. The van der Waals surface area contributed by atoms with Gasteiger partial charge in [-0.25, -0.2) is 0 Å². The van der Waals surface area contributed by atoms with Crippen LogP contribution in [0.15, 0.2) is 60.8 Å². The van der Waals surface area contributed by atoms with E-state index in [0.717, 1.165) is 70.6 Å². The third kappa shape index (κ3) is 55.9. The van der Waals surface area contributed by atoms with E-state index in [0.29, 0.717) is 19.3 Å². The van der Waals surface area contributed by atoms with Crippen LogP contribution < -0.4 is 0 Å². The van der Waals surface area contributed by atoms with E-state index in [9.17, 15) is 14.4 Å². The van der Waals surface area contributed by atoms with Gasteiger partial charge < -0.3 is 14.2 Å². The molecule has 0 saturated carbocycles. The lowest BCUT2D eigenvalue weighted by Gasteiger charge is -2.18. The number of hydrogen-bond acceptors (Lipinski definition) is 6. The summed E-state index contributed by atoms with van der Waals surface area (Å²) >= 11 is 0. The number of ether oxygens (including phenoxy) is 3. The number of rotatable bonds is 54. The monoisotopic (exact) mass is 965 g/mol. The Hall–Kier alpha value is -2.89. The fourth-order valence-electron chi connectivity index (χ4n) is 8.70. The number of unbranched alkanes of at least 4 members (excludes halogenated alkanes) is 37. The second-order valence-corrected chi connectivity index (χ2v) is 20.0. The van der Waals surface area contributed by atoms with Gasteiger partial charge in [-0.1, -0.05) is 306 Å². The number of hydrogen-bond donors (Lipinski definition) is 0. The van der Waals surface area contributed by atoms with Crippen LogP contribution in [0.4, 0.5) is 0 Å². The van der Waals surface area contributed by atoms with Crippen molar-refractivity contribution >= 4 is 17.9 Å². The summed E-state index contributed by atoms with van der Waals surface area (Å²) < 4.78 is 16.9. The van der Waals surface area contributed by atoms with Gasteiger partial charge in [-0.15, -0.1) is 0 Å². The minimum Gasteiger partial charge on any atom is -0.462 e. The van der Waals surface area contributed by atoms with E-state index in [2.05, 4.69) is 39.0 Å². The van der Waals surface area contributed by atoms with Crippen molar-refractivity contribution in [2.45, 2.75) is 309 Å². The number of esters is 3. The number of allylic oxidation sites excluding steroid dienone is 10. The highest BCUT2D eigenvalue weighted by molar-refractivity contribution is 5.71. The van der Waals surface area contributed by atoms with Crippen LogP contribution in [-0.2, 0) is 28.6 Å². The molecule has 0 radical (unpaired) electrons. The van der Waals surface area contributed by atoms with Crippen LogP contribution in [-0.4, -0.2) is 37.2 Å².